The molecule has 0 unspecified atom stereocenters. The summed E-state index contributed by atoms with van der Waals surface area (Å²) in [5.41, 5.74) is 4.90. The number of rotatable bonds is 8. The standard InChI is InChI=1S/C29H26N4O3/c1-3-32(4-2)25-14-13-21(18-24(25)29-30-15-17-36-29)31-28(35)27(34)26-23(20-10-6-5-7-11-20)19-22-12-8-9-16-33(22)26/h5-19H,3-4H2,1-2H3,(H,31,35). The van der Waals surface area contributed by atoms with Gasteiger partial charge in [-0.05, 0) is 55.8 Å². The second kappa shape index (κ2) is 9.92. The molecule has 5 rings (SSSR count). The molecule has 0 aliphatic heterocycles. The molecule has 7 nitrogen and oxygen atoms in total. The number of Topliss-reactive ketones (excluding diaryl/α,β-unsaturated/α-hetero) is 1. The van der Waals surface area contributed by atoms with E-state index in [2.05, 4.69) is 29.0 Å². The Morgan fingerprint density at radius 2 is 1.72 bits per heavy atom. The van der Waals surface area contributed by atoms with Crippen LogP contribution in [-0.4, -0.2) is 34.2 Å². The van der Waals surface area contributed by atoms with Crippen LogP contribution in [0.25, 0.3) is 28.1 Å². The van der Waals surface area contributed by atoms with Crippen LogP contribution in [0.15, 0.2) is 95.9 Å². The van der Waals surface area contributed by atoms with Crippen molar-refractivity contribution in [1.82, 2.24) is 9.38 Å². The quantitative estimate of drug-likeness (QED) is 0.221. The molecule has 0 saturated carbocycles. The molecule has 180 valence electrons. The first-order chi connectivity index (χ1) is 17.6. The highest BCUT2D eigenvalue weighted by molar-refractivity contribution is 6.47. The molecule has 3 aromatic heterocycles. The molecule has 0 bridgehead atoms. The number of benzene rings is 2. The number of nitrogens with one attached hydrogen (secondary N) is 1. The fourth-order valence-corrected chi connectivity index (χ4v) is 4.47. The Bertz CT molecular complexity index is 1520. The lowest BCUT2D eigenvalue weighted by Gasteiger charge is -2.23. The highest BCUT2D eigenvalue weighted by atomic mass is 16.3. The maximum absolute atomic E-state index is 13.5. The van der Waals surface area contributed by atoms with Crippen molar-refractivity contribution in [3.63, 3.8) is 0 Å². The van der Waals surface area contributed by atoms with Crippen molar-refractivity contribution in [3.8, 4) is 22.6 Å². The van der Waals surface area contributed by atoms with E-state index in [1.165, 1.54) is 6.26 Å². The zero-order valence-corrected chi connectivity index (χ0v) is 20.1. The Kier molecular flexibility index (Phi) is 6.36. The van der Waals surface area contributed by atoms with Crippen molar-refractivity contribution in [2.45, 2.75) is 13.8 Å². The van der Waals surface area contributed by atoms with Crippen LogP contribution in [-0.2, 0) is 4.79 Å². The zero-order valence-electron chi connectivity index (χ0n) is 20.1. The van der Waals surface area contributed by atoms with Crippen LogP contribution in [0, 0.1) is 0 Å². The largest absolute Gasteiger partial charge is 0.444 e. The van der Waals surface area contributed by atoms with Crippen molar-refractivity contribution < 1.29 is 14.0 Å². The van der Waals surface area contributed by atoms with Crippen LogP contribution in [0.3, 0.4) is 0 Å². The molecule has 3 heterocycles. The molecule has 0 saturated heterocycles. The van der Waals surface area contributed by atoms with Gasteiger partial charge in [-0.15, -0.1) is 0 Å². The summed E-state index contributed by atoms with van der Waals surface area (Å²) in [6.45, 7) is 5.75. The molecule has 36 heavy (non-hydrogen) atoms. The number of carbonyl (C=O) groups excluding carboxylic acids is 2. The lowest BCUT2D eigenvalue weighted by Crippen LogP contribution is -2.25. The zero-order chi connectivity index (χ0) is 25.1. The fourth-order valence-electron chi connectivity index (χ4n) is 4.47. The number of hydrogen-bond donors (Lipinski definition) is 1. The van der Waals surface area contributed by atoms with Gasteiger partial charge in [0.2, 0.25) is 5.89 Å². The number of ketones is 1. The molecule has 0 radical (unpaired) electrons. The lowest BCUT2D eigenvalue weighted by atomic mass is 10.0. The number of nitrogens with zero attached hydrogens (tertiary/aromatic N) is 3. The predicted octanol–water partition coefficient (Wildman–Crippen LogP) is 5.93. The smallest absolute Gasteiger partial charge is 0.298 e. The molecular formula is C29H26N4O3. The Morgan fingerprint density at radius 3 is 2.44 bits per heavy atom. The first-order valence-corrected chi connectivity index (χ1v) is 11.9. The van der Waals surface area contributed by atoms with Gasteiger partial charge in [0, 0.05) is 41.7 Å². The number of fused-ring (bicyclic) bond motifs is 1. The van der Waals surface area contributed by atoms with E-state index >= 15 is 0 Å². The summed E-state index contributed by atoms with van der Waals surface area (Å²) in [5.74, 6) is -0.890. The summed E-state index contributed by atoms with van der Waals surface area (Å²) >= 11 is 0. The monoisotopic (exact) mass is 478 g/mol. The highest BCUT2D eigenvalue weighted by Crippen LogP contribution is 2.33. The van der Waals surface area contributed by atoms with E-state index in [0.717, 1.165) is 35.4 Å². The molecular weight excluding hydrogens is 452 g/mol. The van der Waals surface area contributed by atoms with Crippen LogP contribution < -0.4 is 10.2 Å². The summed E-state index contributed by atoms with van der Waals surface area (Å²) < 4.78 is 7.31. The topological polar surface area (TPSA) is 79.9 Å². The van der Waals surface area contributed by atoms with Crippen molar-refractivity contribution in [2.24, 2.45) is 0 Å². The molecule has 2 aromatic carbocycles. The van der Waals surface area contributed by atoms with Gasteiger partial charge in [-0.1, -0.05) is 36.4 Å². The van der Waals surface area contributed by atoms with Crippen molar-refractivity contribution >= 4 is 28.6 Å². The van der Waals surface area contributed by atoms with E-state index in [4.69, 9.17) is 4.42 Å². The van der Waals surface area contributed by atoms with Gasteiger partial charge in [-0.25, -0.2) is 4.98 Å². The molecule has 0 fully saturated rings. The molecule has 7 heteroatoms. The molecule has 1 N–H and O–H groups in total. The molecule has 1 amide bonds. The van der Waals surface area contributed by atoms with Gasteiger partial charge in [0.05, 0.1) is 11.8 Å². The number of pyridine rings is 1. The Morgan fingerprint density at radius 1 is 0.944 bits per heavy atom. The second-order valence-electron chi connectivity index (χ2n) is 8.29. The molecule has 5 aromatic rings. The van der Waals surface area contributed by atoms with Crippen LogP contribution in [0.5, 0.6) is 0 Å². The van der Waals surface area contributed by atoms with Gasteiger partial charge in [0.1, 0.15) is 12.0 Å². The van der Waals surface area contributed by atoms with Gasteiger partial charge in [-0.2, -0.15) is 0 Å². The molecule has 0 aliphatic carbocycles. The van der Waals surface area contributed by atoms with E-state index < -0.39 is 11.7 Å². The van der Waals surface area contributed by atoms with Gasteiger partial charge in [0.25, 0.3) is 11.7 Å². The normalized spacial score (nSPS) is 10.9. The van der Waals surface area contributed by atoms with Crippen LogP contribution >= 0.6 is 0 Å². The average Bonchev–Trinajstić information content (AvgIpc) is 3.58. The van der Waals surface area contributed by atoms with Gasteiger partial charge in [0.15, 0.2) is 0 Å². The number of aromatic nitrogens is 2. The molecule has 0 spiro atoms. The predicted molar refractivity (Wildman–Crippen MR) is 141 cm³/mol. The maximum Gasteiger partial charge on any atom is 0.298 e. The maximum atomic E-state index is 13.5. The lowest BCUT2D eigenvalue weighted by molar-refractivity contribution is -0.112. The van der Waals surface area contributed by atoms with E-state index in [9.17, 15) is 9.59 Å². The number of amides is 1. The van der Waals surface area contributed by atoms with Gasteiger partial charge >= 0.3 is 0 Å². The minimum absolute atomic E-state index is 0.321. The van der Waals surface area contributed by atoms with Crippen LogP contribution in [0.2, 0.25) is 0 Å². The summed E-state index contributed by atoms with van der Waals surface area (Å²) in [6, 6.07) is 22.7. The van der Waals surface area contributed by atoms with Crippen LogP contribution in [0.1, 0.15) is 24.3 Å². The van der Waals surface area contributed by atoms with Crippen molar-refractivity contribution in [3.05, 3.63) is 97.1 Å². The molecule has 0 atom stereocenters. The number of oxazole rings is 1. The van der Waals surface area contributed by atoms with Gasteiger partial charge < -0.3 is 19.0 Å². The van der Waals surface area contributed by atoms with E-state index in [-0.39, 0.29) is 0 Å². The van der Waals surface area contributed by atoms with Crippen molar-refractivity contribution in [2.75, 3.05) is 23.3 Å². The summed E-state index contributed by atoms with van der Waals surface area (Å²) in [5, 5.41) is 2.79. The Hall–Kier alpha value is -4.65. The Balaban J connectivity index is 1.51. The first-order valence-electron chi connectivity index (χ1n) is 11.9. The first kappa shape index (κ1) is 23.1. The van der Waals surface area contributed by atoms with E-state index in [1.54, 1.807) is 28.9 Å². The highest BCUT2D eigenvalue weighted by Gasteiger charge is 2.25. The third-order valence-corrected chi connectivity index (χ3v) is 6.21. The summed E-state index contributed by atoms with van der Waals surface area (Å²) in [6.07, 6.45) is 4.89. The molecule has 0 aliphatic rings. The third-order valence-electron chi connectivity index (χ3n) is 6.21. The van der Waals surface area contributed by atoms with E-state index in [1.807, 2.05) is 60.7 Å². The van der Waals surface area contributed by atoms with E-state index in [0.29, 0.717) is 22.8 Å². The Labute approximate surface area is 209 Å². The number of carbonyl (C=O) groups is 2. The van der Waals surface area contributed by atoms with Crippen LogP contribution in [0.4, 0.5) is 11.4 Å². The fraction of sp³-hybridized carbons (Fsp3) is 0.138. The number of anilines is 2. The average molecular weight is 479 g/mol. The minimum Gasteiger partial charge on any atom is -0.444 e. The number of hydrogen-bond acceptors (Lipinski definition) is 5. The summed E-state index contributed by atoms with van der Waals surface area (Å²) in [4.78, 5) is 33.2. The van der Waals surface area contributed by atoms with Crippen molar-refractivity contribution in [1.29, 1.82) is 0 Å². The second-order valence-corrected chi connectivity index (χ2v) is 8.29. The summed E-state index contributed by atoms with van der Waals surface area (Å²) in [7, 11) is 0. The van der Waals surface area contributed by atoms with Gasteiger partial charge in [-0.3, -0.25) is 9.59 Å². The third kappa shape index (κ3) is 4.27. The SMILES string of the molecule is CCN(CC)c1ccc(NC(=O)C(=O)c2c(-c3ccccc3)cc3ccccn23)cc1-c1ncco1. The minimum atomic E-state index is -0.718.